The van der Waals surface area contributed by atoms with Crippen LogP contribution in [-0.4, -0.2) is 31.1 Å². The first-order valence-corrected chi connectivity index (χ1v) is 6.16. The third-order valence-electron chi connectivity index (χ3n) is 2.77. The van der Waals surface area contributed by atoms with Gasteiger partial charge in [0, 0.05) is 19.1 Å². The highest BCUT2D eigenvalue weighted by atomic mass is 35.5. The van der Waals surface area contributed by atoms with Gasteiger partial charge in [-0.15, -0.1) is 23.7 Å². The van der Waals surface area contributed by atoms with E-state index in [4.69, 9.17) is 11.6 Å². The van der Waals surface area contributed by atoms with Gasteiger partial charge in [0.15, 0.2) is 0 Å². The average Bonchev–Trinajstić information content (AvgIpc) is 2.77. The van der Waals surface area contributed by atoms with Gasteiger partial charge in [-0.25, -0.2) is 0 Å². The molecule has 1 saturated heterocycles. The molecule has 2 nitrogen and oxygen atoms in total. The van der Waals surface area contributed by atoms with Crippen LogP contribution in [0, 0.1) is 0 Å². The van der Waals surface area contributed by atoms with E-state index in [1.54, 1.807) is 11.3 Å². The van der Waals surface area contributed by atoms with E-state index in [1.807, 2.05) is 0 Å². The van der Waals surface area contributed by atoms with Crippen molar-refractivity contribution in [1.29, 1.82) is 0 Å². The summed E-state index contributed by atoms with van der Waals surface area (Å²) in [5.41, 5.74) is 1.26. The molecular weight excluding hydrogens is 251 g/mol. The summed E-state index contributed by atoms with van der Waals surface area (Å²) in [6.07, 6.45) is 1.25. The molecule has 0 aliphatic carbocycles. The lowest BCUT2D eigenvalue weighted by Crippen LogP contribution is -2.32. The molecule has 2 heterocycles. The summed E-state index contributed by atoms with van der Waals surface area (Å²) in [5.74, 6) is 0. The first-order valence-electron chi connectivity index (χ1n) is 4.90. The van der Waals surface area contributed by atoms with Crippen LogP contribution in [0.2, 0.25) is 4.34 Å². The highest BCUT2D eigenvalue weighted by molar-refractivity contribution is 7.14. The zero-order chi connectivity index (χ0) is 9.97. The molecule has 1 aliphatic heterocycles. The van der Waals surface area contributed by atoms with Crippen molar-refractivity contribution in [1.82, 2.24) is 10.2 Å². The third kappa shape index (κ3) is 3.33. The lowest BCUT2D eigenvalue weighted by atomic mass is 10.2. The number of hydrogen-bond acceptors (Lipinski definition) is 3. The second-order valence-corrected chi connectivity index (χ2v) is 5.30. The molecule has 5 heteroatoms. The quantitative estimate of drug-likeness (QED) is 0.905. The van der Waals surface area contributed by atoms with Crippen molar-refractivity contribution in [2.24, 2.45) is 0 Å². The fourth-order valence-corrected chi connectivity index (χ4v) is 2.76. The zero-order valence-corrected chi connectivity index (χ0v) is 11.1. The van der Waals surface area contributed by atoms with Crippen molar-refractivity contribution in [3.05, 3.63) is 21.3 Å². The Bertz CT molecular complexity index is 297. The fourth-order valence-electron chi connectivity index (χ4n) is 1.85. The largest absolute Gasteiger partial charge is 0.315 e. The summed E-state index contributed by atoms with van der Waals surface area (Å²) in [6, 6.07) is 2.79. The van der Waals surface area contributed by atoms with Crippen LogP contribution in [0.3, 0.4) is 0 Å². The molecule has 1 aromatic rings. The van der Waals surface area contributed by atoms with Crippen molar-refractivity contribution < 1.29 is 0 Å². The van der Waals surface area contributed by atoms with Gasteiger partial charge in [0.05, 0.1) is 4.34 Å². The molecule has 0 bridgehead atoms. The predicted molar refractivity (Wildman–Crippen MR) is 69.3 cm³/mol. The number of hydrogen-bond donors (Lipinski definition) is 1. The Kier molecular flexibility index (Phi) is 5.36. The second-order valence-electron chi connectivity index (χ2n) is 3.78. The molecule has 15 heavy (non-hydrogen) atoms. The Morgan fingerprint density at radius 1 is 1.67 bits per heavy atom. The van der Waals surface area contributed by atoms with Crippen molar-refractivity contribution in [2.45, 2.75) is 19.0 Å². The molecule has 0 aromatic carbocycles. The van der Waals surface area contributed by atoms with Gasteiger partial charge in [0.2, 0.25) is 0 Å². The Hall–Kier alpha value is 0.200. The van der Waals surface area contributed by atoms with Gasteiger partial charge in [-0.2, -0.15) is 0 Å². The number of rotatable bonds is 3. The Balaban J connectivity index is 0.00000112. The van der Waals surface area contributed by atoms with Crippen LogP contribution in [0.25, 0.3) is 0 Å². The van der Waals surface area contributed by atoms with Crippen molar-refractivity contribution in [2.75, 3.05) is 20.1 Å². The first kappa shape index (κ1) is 13.3. The number of halogens is 2. The lowest BCUT2D eigenvalue weighted by Gasteiger charge is -2.22. The van der Waals surface area contributed by atoms with E-state index in [1.165, 1.54) is 12.0 Å². The van der Waals surface area contributed by atoms with E-state index in [0.717, 1.165) is 24.0 Å². The standard InChI is InChI=1S/C10H15ClN2S.ClH/c1-13(9-2-4-12-6-9)7-8-3-5-14-10(8)11;/h3,5,9,12H,2,4,6-7H2,1H3;1H. The molecule has 0 spiro atoms. The maximum atomic E-state index is 6.07. The number of thiophene rings is 1. The Morgan fingerprint density at radius 3 is 3.00 bits per heavy atom. The Labute approximate surface area is 106 Å². The van der Waals surface area contributed by atoms with E-state index in [2.05, 4.69) is 28.7 Å². The van der Waals surface area contributed by atoms with Gasteiger partial charge in [0.1, 0.15) is 0 Å². The van der Waals surface area contributed by atoms with Crippen molar-refractivity contribution >= 4 is 35.3 Å². The number of nitrogens with one attached hydrogen (secondary N) is 1. The van der Waals surface area contributed by atoms with Gasteiger partial charge in [-0.3, -0.25) is 4.90 Å². The van der Waals surface area contributed by atoms with Gasteiger partial charge < -0.3 is 5.32 Å². The normalized spacial score (nSPS) is 20.6. The van der Waals surface area contributed by atoms with Crippen LogP contribution in [0.5, 0.6) is 0 Å². The van der Waals surface area contributed by atoms with E-state index in [0.29, 0.717) is 6.04 Å². The highest BCUT2D eigenvalue weighted by Gasteiger charge is 2.19. The maximum Gasteiger partial charge on any atom is 0.0973 e. The summed E-state index contributed by atoms with van der Waals surface area (Å²) in [5, 5.41) is 5.43. The van der Waals surface area contributed by atoms with Gasteiger partial charge in [0.25, 0.3) is 0 Å². The SMILES string of the molecule is CN(Cc1ccsc1Cl)C1CCNC1.Cl. The van der Waals surface area contributed by atoms with Crippen LogP contribution in [0.15, 0.2) is 11.4 Å². The summed E-state index contributed by atoms with van der Waals surface area (Å²) >= 11 is 7.68. The topological polar surface area (TPSA) is 15.3 Å². The highest BCUT2D eigenvalue weighted by Crippen LogP contribution is 2.24. The minimum absolute atomic E-state index is 0. The molecular formula is C10H16Cl2N2S. The molecule has 1 aromatic heterocycles. The monoisotopic (exact) mass is 266 g/mol. The second kappa shape index (κ2) is 6.06. The molecule has 2 rings (SSSR count). The Morgan fingerprint density at radius 2 is 2.47 bits per heavy atom. The van der Waals surface area contributed by atoms with Gasteiger partial charge >= 0.3 is 0 Å². The molecule has 1 aliphatic rings. The van der Waals surface area contributed by atoms with Gasteiger partial charge in [-0.05, 0) is 37.0 Å². The smallest absolute Gasteiger partial charge is 0.0973 e. The number of nitrogens with zero attached hydrogens (tertiary/aromatic N) is 1. The summed E-state index contributed by atoms with van der Waals surface area (Å²) in [6.45, 7) is 3.22. The van der Waals surface area contributed by atoms with E-state index >= 15 is 0 Å². The lowest BCUT2D eigenvalue weighted by molar-refractivity contribution is 0.249. The van der Waals surface area contributed by atoms with Crippen LogP contribution in [0.4, 0.5) is 0 Å². The average molecular weight is 267 g/mol. The van der Waals surface area contributed by atoms with E-state index in [9.17, 15) is 0 Å². The van der Waals surface area contributed by atoms with Crippen LogP contribution in [0.1, 0.15) is 12.0 Å². The maximum absolute atomic E-state index is 6.07. The van der Waals surface area contributed by atoms with Crippen LogP contribution >= 0.6 is 35.3 Å². The van der Waals surface area contributed by atoms with Crippen molar-refractivity contribution in [3.63, 3.8) is 0 Å². The molecule has 0 saturated carbocycles. The summed E-state index contributed by atoms with van der Waals surface area (Å²) in [7, 11) is 2.17. The first-order chi connectivity index (χ1) is 6.77. The van der Waals surface area contributed by atoms with Crippen molar-refractivity contribution in [3.8, 4) is 0 Å². The molecule has 1 fully saturated rings. The fraction of sp³-hybridized carbons (Fsp3) is 0.600. The van der Waals surface area contributed by atoms with E-state index < -0.39 is 0 Å². The molecule has 1 unspecified atom stereocenters. The molecule has 1 N–H and O–H groups in total. The molecule has 1 atom stereocenters. The minimum Gasteiger partial charge on any atom is -0.315 e. The summed E-state index contributed by atoms with van der Waals surface area (Å²) < 4.78 is 0.933. The zero-order valence-electron chi connectivity index (χ0n) is 8.70. The summed E-state index contributed by atoms with van der Waals surface area (Å²) in [4.78, 5) is 2.38. The van der Waals surface area contributed by atoms with Crippen LogP contribution in [-0.2, 0) is 6.54 Å². The number of likely N-dealkylation sites (N-methyl/N-ethyl adjacent to an activating group) is 1. The minimum atomic E-state index is 0. The van der Waals surface area contributed by atoms with E-state index in [-0.39, 0.29) is 12.4 Å². The van der Waals surface area contributed by atoms with Crippen LogP contribution < -0.4 is 5.32 Å². The molecule has 86 valence electrons. The molecule has 0 amide bonds. The van der Waals surface area contributed by atoms with Gasteiger partial charge in [-0.1, -0.05) is 11.6 Å². The third-order valence-corrected chi connectivity index (χ3v) is 4.02. The molecule has 0 radical (unpaired) electrons. The predicted octanol–water partition coefficient (Wildman–Crippen LogP) is 2.62.